The predicted molar refractivity (Wildman–Crippen MR) is 123 cm³/mol. The maximum Gasteiger partial charge on any atom is 0.237 e. The lowest BCUT2D eigenvalue weighted by Crippen LogP contribution is -2.16. The largest absolute Gasteiger partial charge is 0.376 e. The van der Waals surface area contributed by atoms with E-state index in [1.165, 1.54) is 29.5 Å². The van der Waals surface area contributed by atoms with Crippen LogP contribution in [0.1, 0.15) is 31.2 Å². The monoisotopic (exact) mass is 465 g/mol. The van der Waals surface area contributed by atoms with Crippen molar-refractivity contribution in [1.29, 1.82) is 0 Å². The summed E-state index contributed by atoms with van der Waals surface area (Å²) in [6.45, 7) is 3.53. The number of aromatic nitrogens is 5. The first-order chi connectivity index (χ1) is 16.2. The van der Waals surface area contributed by atoms with E-state index in [1.807, 2.05) is 16.7 Å². The van der Waals surface area contributed by atoms with Crippen LogP contribution in [0.4, 0.5) is 4.39 Å². The maximum atomic E-state index is 13.4. The summed E-state index contributed by atoms with van der Waals surface area (Å²) in [5, 5.41) is 13.6. The number of ether oxygens (including phenoxy) is 1. The molecule has 2 aromatic heterocycles. The lowest BCUT2D eigenvalue weighted by atomic mass is 10.1. The molecule has 7 nitrogen and oxygen atoms in total. The third-order valence-electron chi connectivity index (χ3n) is 5.64. The Kier molecular flexibility index (Phi) is 6.50. The van der Waals surface area contributed by atoms with E-state index < -0.39 is 0 Å². The van der Waals surface area contributed by atoms with Gasteiger partial charge in [-0.15, -0.1) is 10.2 Å². The Bertz CT molecular complexity index is 1200. The van der Waals surface area contributed by atoms with Gasteiger partial charge < -0.3 is 9.26 Å². The zero-order valence-corrected chi connectivity index (χ0v) is 19.1. The summed E-state index contributed by atoms with van der Waals surface area (Å²) in [6.07, 6.45) is 3.14. The molecule has 3 heterocycles. The summed E-state index contributed by atoms with van der Waals surface area (Å²) >= 11 is 1.48. The first kappa shape index (κ1) is 21.8. The highest BCUT2D eigenvalue weighted by molar-refractivity contribution is 7.98. The van der Waals surface area contributed by atoms with Crippen molar-refractivity contribution in [1.82, 2.24) is 24.9 Å². The van der Waals surface area contributed by atoms with E-state index in [0.717, 1.165) is 42.2 Å². The van der Waals surface area contributed by atoms with Gasteiger partial charge in [-0.05, 0) is 49.1 Å². The van der Waals surface area contributed by atoms with E-state index in [2.05, 4.69) is 39.4 Å². The van der Waals surface area contributed by atoms with Crippen LogP contribution in [-0.4, -0.2) is 37.6 Å². The van der Waals surface area contributed by atoms with Gasteiger partial charge in [-0.1, -0.05) is 48.1 Å². The molecule has 1 fully saturated rings. The van der Waals surface area contributed by atoms with Gasteiger partial charge in [0.15, 0.2) is 11.0 Å². The van der Waals surface area contributed by atoms with Gasteiger partial charge >= 0.3 is 0 Å². The molecule has 1 atom stereocenters. The number of rotatable bonds is 8. The topological polar surface area (TPSA) is 78.9 Å². The third-order valence-corrected chi connectivity index (χ3v) is 6.59. The molecular formula is C24H24FN5O2S. The lowest BCUT2D eigenvalue weighted by molar-refractivity contribution is 0.0953. The fourth-order valence-corrected chi connectivity index (χ4v) is 4.60. The Morgan fingerprint density at radius 2 is 1.85 bits per heavy atom. The first-order valence-corrected chi connectivity index (χ1v) is 12.0. The zero-order valence-electron chi connectivity index (χ0n) is 18.3. The number of halogens is 1. The minimum Gasteiger partial charge on any atom is -0.376 e. The summed E-state index contributed by atoms with van der Waals surface area (Å²) in [7, 11) is 0. The van der Waals surface area contributed by atoms with E-state index in [1.54, 1.807) is 12.1 Å². The first-order valence-electron chi connectivity index (χ1n) is 11.0. The third kappa shape index (κ3) is 4.99. The summed E-state index contributed by atoms with van der Waals surface area (Å²) < 4.78 is 26.8. The van der Waals surface area contributed by atoms with Crippen LogP contribution < -0.4 is 0 Å². The quantitative estimate of drug-likeness (QED) is 0.332. The number of aryl methyl sites for hydroxylation is 1. The summed E-state index contributed by atoms with van der Waals surface area (Å²) in [5.74, 6) is 1.96. The van der Waals surface area contributed by atoms with Crippen molar-refractivity contribution in [3.05, 3.63) is 65.8 Å². The van der Waals surface area contributed by atoms with Gasteiger partial charge in [-0.3, -0.25) is 4.57 Å². The fraction of sp³-hybridized carbons (Fsp3) is 0.333. The molecule has 9 heteroatoms. The number of nitrogens with zero attached hydrogens (tertiary/aromatic N) is 5. The van der Waals surface area contributed by atoms with E-state index >= 15 is 0 Å². The Hall–Kier alpha value is -3.04. The van der Waals surface area contributed by atoms with Crippen molar-refractivity contribution < 1.29 is 13.7 Å². The SMILES string of the molecule is CCc1ccc(-c2noc(CSc3nnc(-c4ccc(F)cc4)n3C[C@@H]3CCCO3)n2)cc1. The number of benzene rings is 2. The normalized spacial score (nSPS) is 15.9. The lowest BCUT2D eigenvalue weighted by Gasteiger charge is -2.14. The number of hydrogen-bond donors (Lipinski definition) is 0. The standard InChI is InChI=1S/C24H24FN5O2S/c1-2-16-5-7-17(8-6-16)22-26-21(32-29-22)15-33-24-28-27-23(18-9-11-19(25)12-10-18)30(24)14-20-4-3-13-31-20/h5-12,20H,2-4,13-15H2,1H3/t20-/m0/s1. The summed E-state index contributed by atoms with van der Waals surface area (Å²) in [4.78, 5) is 4.54. The Labute approximate surface area is 195 Å². The molecule has 4 aromatic rings. The molecule has 0 saturated carbocycles. The Morgan fingerprint density at radius 3 is 2.58 bits per heavy atom. The van der Waals surface area contributed by atoms with Gasteiger partial charge in [0.05, 0.1) is 18.4 Å². The van der Waals surface area contributed by atoms with Crippen LogP contribution in [0.25, 0.3) is 22.8 Å². The molecule has 1 aliphatic rings. The van der Waals surface area contributed by atoms with Gasteiger partial charge in [0, 0.05) is 17.7 Å². The summed E-state index contributed by atoms with van der Waals surface area (Å²) in [5.41, 5.74) is 3.00. The van der Waals surface area contributed by atoms with E-state index in [4.69, 9.17) is 9.26 Å². The Balaban J connectivity index is 1.34. The maximum absolute atomic E-state index is 13.4. The predicted octanol–water partition coefficient (Wildman–Crippen LogP) is 5.17. The molecule has 0 amide bonds. The highest BCUT2D eigenvalue weighted by atomic mass is 32.2. The molecule has 5 rings (SSSR count). The minimum absolute atomic E-state index is 0.112. The summed E-state index contributed by atoms with van der Waals surface area (Å²) in [6, 6.07) is 14.5. The number of thioether (sulfide) groups is 1. The van der Waals surface area contributed by atoms with Crippen molar-refractivity contribution in [3.8, 4) is 22.8 Å². The molecule has 0 radical (unpaired) electrons. The molecule has 170 valence electrons. The smallest absolute Gasteiger partial charge is 0.237 e. The molecule has 2 aromatic carbocycles. The second kappa shape index (κ2) is 9.84. The number of hydrogen-bond acceptors (Lipinski definition) is 7. The van der Waals surface area contributed by atoms with Crippen LogP contribution in [0, 0.1) is 5.82 Å². The highest BCUT2D eigenvalue weighted by Gasteiger charge is 2.22. The molecule has 1 aliphatic heterocycles. The van der Waals surface area contributed by atoms with E-state index in [9.17, 15) is 4.39 Å². The van der Waals surface area contributed by atoms with E-state index in [0.29, 0.717) is 29.8 Å². The van der Waals surface area contributed by atoms with Crippen LogP contribution in [-0.2, 0) is 23.5 Å². The highest BCUT2D eigenvalue weighted by Crippen LogP contribution is 2.29. The van der Waals surface area contributed by atoms with Crippen LogP contribution in [0.15, 0.2) is 58.2 Å². The molecule has 0 aliphatic carbocycles. The second-order valence-corrected chi connectivity index (χ2v) is 8.85. The van der Waals surface area contributed by atoms with Crippen LogP contribution in [0.5, 0.6) is 0 Å². The van der Waals surface area contributed by atoms with Crippen molar-refractivity contribution in [2.24, 2.45) is 0 Å². The zero-order chi connectivity index (χ0) is 22.6. The second-order valence-electron chi connectivity index (χ2n) is 7.91. The van der Waals surface area contributed by atoms with Crippen molar-refractivity contribution >= 4 is 11.8 Å². The molecule has 0 N–H and O–H groups in total. The Morgan fingerprint density at radius 1 is 1.06 bits per heavy atom. The average Bonchev–Trinajstić information content (AvgIpc) is 3.61. The van der Waals surface area contributed by atoms with Gasteiger partial charge in [0.2, 0.25) is 11.7 Å². The molecule has 1 saturated heterocycles. The van der Waals surface area contributed by atoms with Crippen molar-refractivity contribution in [3.63, 3.8) is 0 Å². The van der Waals surface area contributed by atoms with Gasteiger partial charge in [-0.2, -0.15) is 4.98 Å². The van der Waals surface area contributed by atoms with Crippen molar-refractivity contribution in [2.75, 3.05) is 6.61 Å². The van der Waals surface area contributed by atoms with Crippen molar-refractivity contribution in [2.45, 2.75) is 49.7 Å². The molecular weight excluding hydrogens is 441 g/mol. The van der Waals surface area contributed by atoms with E-state index in [-0.39, 0.29) is 11.9 Å². The van der Waals surface area contributed by atoms with Crippen LogP contribution in [0.2, 0.25) is 0 Å². The minimum atomic E-state index is -0.282. The fourth-order valence-electron chi connectivity index (χ4n) is 3.81. The van der Waals surface area contributed by atoms with Crippen LogP contribution in [0.3, 0.4) is 0 Å². The van der Waals surface area contributed by atoms with Crippen LogP contribution >= 0.6 is 11.8 Å². The molecule has 33 heavy (non-hydrogen) atoms. The average molecular weight is 466 g/mol. The van der Waals surface area contributed by atoms with Gasteiger partial charge in [0.25, 0.3) is 0 Å². The molecule has 0 unspecified atom stereocenters. The van der Waals surface area contributed by atoms with Gasteiger partial charge in [0.1, 0.15) is 5.82 Å². The molecule has 0 bridgehead atoms. The van der Waals surface area contributed by atoms with Gasteiger partial charge in [-0.25, -0.2) is 4.39 Å². The molecule has 0 spiro atoms.